The number of pyridine rings is 1. The van der Waals surface area contributed by atoms with Gasteiger partial charge in [0.25, 0.3) is 5.91 Å². The molecule has 1 aliphatic rings. The fourth-order valence-electron chi connectivity index (χ4n) is 4.02. The van der Waals surface area contributed by atoms with E-state index in [-0.39, 0.29) is 5.91 Å². The van der Waals surface area contributed by atoms with Crippen molar-refractivity contribution in [3.8, 4) is 0 Å². The summed E-state index contributed by atoms with van der Waals surface area (Å²) >= 11 is 0. The predicted molar refractivity (Wildman–Crippen MR) is 124 cm³/mol. The Balaban J connectivity index is 1.63. The third-order valence-electron chi connectivity index (χ3n) is 5.92. The molecule has 31 heavy (non-hydrogen) atoms. The zero-order chi connectivity index (χ0) is 21.4. The normalized spacial score (nSPS) is 13.5. The summed E-state index contributed by atoms with van der Waals surface area (Å²) in [5, 5.41) is 8.98. The van der Waals surface area contributed by atoms with Crippen LogP contribution in [0, 0.1) is 6.92 Å². The third kappa shape index (κ3) is 3.83. The molecule has 1 aliphatic carbocycles. The van der Waals surface area contributed by atoms with Crippen LogP contribution in [0.4, 0.5) is 5.69 Å². The molecule has 0 unspecified atom stereocenters. The summed E-state index contributed by atoms with van der Waals surface area (Å²) in [5.41, 5.74) is 6.43. The van der Waals surface area contributed by atoms with E-state index in [2.05, 4.69) is 24.4 Å². The number of hydrogen-bond donors (Lipinski definition) is 1. The first-order valence-electron chi connectivity index (χ1n) is 10.9. The van der Waals surface area contributed by atoms with Crippen molar-refractivity contribution in [3.05, 3.63) is 88.7 Å². The number of rotatable bonds is 6. The Labute approximate surface area is 182 Å². The molecule has 5 nitrogen and oxygen atoms in total. The van der Waals surface area contributed by atoms with Gasteiger partial charge < -0.3 is 5.32 Å². The van der Waals surface area contributed by atoms with Crippen molar-refractivity contribution >= 4 is 22.6 Å². The quantitative estimate of drug-likeness (QED) is 0.458. The maximum absolute atomic E-state index is 13.4. The van der Waals surface area contributed by atoms with Gasteiger partial charge in [0, 0.05) is 17.3 Å². The van der Waals surface area contributed by atoms with Gasteiger partial charge in [-0.3, -0.25) is 4.79 Å². The predicted octanol–water partition coefficient (Wildman–Crippen LogP) is 5.48. The van der Waals surface area contributed by atoms with Gasteiger partial charge in [0.05, 0.1) is 23.2 Å². The van der Waals surface area contributed by atoms with Crippen LogP contribution in [0.2, 0.25) is 0 Å². The van der Waals surface area contributed by atoms with E-state index < -0.39 is 0 Å². The second kappa shape index (κ2) is 7.99. The highest BCUT2D eigenvalue weighted by molar-refractivity contribution is 6.13. The lowest BCUT2D eigenvalue weighted by Gasteiger charge is -2.11. The van der Waals surface area contributed by atoms with Crippen LogP contribution in [-0.2, 0) is 13.0 Å². The van der Waals surface area contributed by atoms with Gasteiger partial charge in [0.2, 0.25) is 0 Å². The Morgan fingerprint density at radius 1 is 1.10 bits per heavy atom. The minimum atomic E-state index is -0.0995. The zero-order valence-corrected chi connectivity index (χ0v) is 17.9. The second-order valence-corrected chi connectivity index (χ2v) is 8.29. The summed E-state index contributed by atoms with van der Waals surface area (Å²) in [4.78, 5) is 18.3. The highest BCUT2D eigenvalue weighted by atomic mass is 16.1. The molecular formula is C26H26N4O. The van der Waals surface area contributed by atoms with Gasteiger partial charge in [0.15, 0.2) is 5.65 Å². The fourth-order valence-corrected chi connectivity index (χ4v) is 4.02. The summed E-state index contributed by atoms with van der Waals surface area (Å²) in [6.07, 6.45) is 2.99. The van der Waals surface area contributed by atoms with Crippen LogP contribution in [0.5, 0.6) is 0 Å². The summed E-state index contributed by atoms with van der Waals surface area (Å²) in [6, 6.07) is 20.1. The van der Waals surface area contributed by atoms with E-state index in [4.69, 9.17) is 10.1 Å². The van der Waals surface area contributed by atoms with Gasteiger partial charge >= 0.3 is 0 Å². The Morgan fingerprint density at radius 2 is 1.84 bits per heavy atom. The molecule has 4 aromatic rings. The second-order valence-electron chi connectivity index (χ2n) is 8.29. The number of hydrogen-bond acceptors (Lipinski definition) is 3. The number of aryl methyl sites for hydroxylation is 2. The standard InChI is InChI=1S/C26H26N4O/c1-3-20-15-21(26(31)28-22-12-8-7-9-17(22)2)23-24(19-13-14-19)29-30(25(23)27-20)16-18-10-5-4-6-11-18/h4-12,15,19H,3,13-14,16H2,1-2H3,(H,28,31). The first-order valence-corrected chi connectivity index (χ1v) is 10.9. The van der Waals surface area contributed by atoms with E-state index in [1.54, 1.807) is 0 Å². The lowest BCUT2D eigenvalue weighted by molar-refractivity contribution is 0.102. The molecule has 1 amide bonds. The van der Waals surface area contributed by atoms with Crippen LogP contribution >= 0.6 is 0 Å². The highest BCUT2D eigenvalue weighted by Crippen LogP contribution is 2.43. The van der Waals surface area contributed by atoms with Gasteiger partial charge in [-0.05, 0) is 49.4 Å². The van der Waals surface area contributed by atoms with Crippen molar-refractivity contribution < 1.29 is 4.79 Å². The monoisotopic (exact) mass is 410 g/mol. The van der Waals surface area contributed by atoms with Gasteiger partial charge in [-0.15, -0.1) is 0 Å². The Kier molecular flexibility index (Phi) is 5.02. The lowest BCUT2D eigenvalue weighted by atomic mass is 10.0. The molecule has 1 N–H and O–H groups in total. The topological polar surface area (TPSA) is 59.8 Å². The molecule has 1 fully saturated rings. The van der Waals surface area contributed by atoms with E-state index in [1.807, 2.05) is 60.1 Å². The maximum Gasteiger partial charge on any atom is 0.256 e. The Hall–Kier alpha value is -3.47. The van der Waals surface area contributed by atoms with Crippen molar-refractivity contribution in [2.75, 3.05) is 5.32 Å². The van der Waals surface area contributed by atoms with Crippen LogP contribution in [0.15, 0.2) is 60.7 Å². The van der Waals surface area contributed by atoms with Gasteiger partial charge in [0.1, 0.15) is 0 Å². The minimum absolute atomic E-state index is 0.0995. The van der Waals surface area contributed by atoms with Gasteiger partial charge in [-0.1, -0.05) is 55.5 Å². The number of carbonyl (C=O) groups excluding carboxylic acids is 1. The smallest absolute Gasteiger partial charge is 0.256 e. The SMILES string of the molecule is CCc1cc(C(=O)Nc2ccccc2C)c2c(C3CC3)nn(Cc3ccccc3)c2n1. The van der Waals surface area contributed by atoms with Crippen LogP contribution in [0.3, 0.4) is 0 Å². The van der Waals surface area contributed by atoms with Crippen molar-refractivity contribution in [2.45, 2.75) is 45.6 Å². The van der Waals surface area contributed by atoms with E-state index in [0.717, 1.165) is 52.9 Å². The van der Waals surface area contributed by atoms with Gasteiger partial charge in [-0.25, -0.2) is 9.67 Å². The number of amides is 1. The largest absolute Gasteiger partial charge is 0.322 e. The molecular weight excluding hydrogens is 384 g/mol. The summed E-state index contributed by atoms with van der Waals surface area (Å²) < 4.78 is 1.97. The number of anilines is 1. The van der Waals surface area contributed by atoms with Crippen LogP contribution in [0.1, 0.15) is 58.6 Å². The number of nitrogens with zero attached hydrogens (tertiary/aromatic N) is 3. The summed E-state index contributed by atoms with van der Waals surface area (Å²) in [6.45, 7) is 4.71. The number of para-hydroxylation sites is 1. The van der Waals surface area contributed by atoms with E-state index in [0.29, 0.717) is 18.0 Å². The van der Waals surface area contributed by atoms with Crippen molar-refractivity contribution in [3.63, 3.8) is 0 Å². The average Bonchev–Trinajstić information content (AvgIpc) is 3.58. The molecule has 0 atom stereocenters. The maximum atomic E-state index is 13.4. The fraction of sp³-hybridized carbons (Fsp3) is 0.269. The zero-order valence-electron chi connectivity index (χ0n) is 17.9. The first-order chi connectivity index (χ1) is 15.1. The van der Waals surface area contributed by atoms with Crippen LogP contribution in [0.25, 0.3) is 11.0 Å². The van der Waals surface area contributed by atoms with Gasteiger partial charge in [-0.2, -0.15) is 5.10 Å². The third-order valence-corrected chi connectivity index (χ3v) is 5.92. The van der Waals surface area contributed by atoms with Crippen molar-refractivity contribution in [2.24, 2.45) is 0 Å². The molecule has 0 spiro atoms. The molecule has 5 rings (SSSR count). The number of carbonyl (C=O) groups is 1. The molecule has 0 saturated heterocycles. The molecule has 5 heteroatoms. The molecule has 0 bridgehead atoms. The number of nitrogens with one attached hydrogen (secondary N) is 1. The van der Waals surface area contributed by atoms with Crippen LogP contribution in [-0.4, -0.2) is 20.7 Å². The molecule has 0 aliphatic heterocycles. The summed E-state index contributed by atoms with van der Waals surface area (Å²) in [7, 11) is 0. The first kappa shape index (κ1) is 19.5. The van der Waals surface area contributed by atoms with Crippen LogP contribution < -0.4 is 5.32 Å². The molecule has 0 radical (unpaired) electrons. The minimum Gasteiger partial charge on any atom is -0.322 e. The molecule has 1 saturated carbocycles. The average molecular weight is 411 g/mol. The van der Waals surface area contributed by atoms with Crippen molar-refractivity contribution in [1.82, 2.24) is 14.8 Å². The highest BCUT2D eigenvalue weighted by Gasteiger charge is 2.32. The number of aromatic nitrogens is 3. The van der Waals surface area contributed by atoms with Crippen molar-refractivity contribution in [1.29, 1.82) is 0 Å². The number of fused-ring (bicyclic) bond motifs is 1. The molecule has 2 heterocycles. The van der Waals surface area contributed by atoms with E-state index in [1.165, 1.54) is 5.56 Å². The molecule has 2 aromatic carbocycles. The summed E-state index contributed by atoms with van der Waals surface area (Å²) in [5.74, 6) is 0.316. The Morgan fingerprint density at radius 3 is 2.55 bits per heavy atom. The Bertz CT molecular complexity index is 1260. The molecule has 2 aromatic heterocycles. The molecule has 156 valence electrons. The lowest BCUT2D eigenvalue weighted by Crippen LogP contribution is -2.14. The number of benzene rings is 2. The van der Waals surface area contributed by atoms with E-state index >= 15 is 0 Å². The van der Waals surface area contributed by atoms with E-state index in [9.17, 15) is 4.79 Å².